The lowest BCUT2D eigenvalue weighted by Crippen LogP contribution is -2.29. The second kappa shape index (κ2) is 8.14. The first-order valence-electron chi connectivity index (χ1n) is 8.42. The number of hydrogen-bond donors (Lipinski definition) is 1. The number of rotatable bonds is 6. The molecule has 26 heavy (non-hydrogen) atoms. The van der Waals surface area contributed by atoms with E-state index in [4.69, 9.17) is 0 Å². The van der Waals surface area contributed by atoms with E-state index in [9.17, 15) is 9.59 Å². The summed E-state index contributed by atoms with van der Waals surface area (Å²) in [6, 6.07) is 13.1. The first-order chi connectivity index (χ1) is 12.6. The zero-order valence-electron chi connectivity index (χ0n) is 14.7. The van der Waals surface area contributed by atoms with Crippen LogP contribution in [-0.4, -0.2) is 26.2 Å². The van der Waals surface area contributed by atoms with Gasteiger partial charge in [0.2, 0.25) is 5.91 Å². The highest BCUT2D eigenvalue weighted by molar-refractivity contribution is 7.99. The molecule has 0 fully saturated rings. The molecular formula is C19H20N4O2S. The highest BCUT2D eigenvalue weighted by Gasteiger charge is 2.14. The van der Waals surface area contributed by atoms with Gasteiger partial charge in [-0.15, -0.1) is 0 Å². The molecular weight excluding hydrogens is 348 g/mol. The molecule has 0 saturated carbocycles. The third-order valence-electron chi connectivity index (χ3n) is 4.02. The van der Waals surface area contributed by atoms with Gasteiger partial charge >= 0.3 is 0 Å². The van der Waals surface area contributed by atoms with Crippen LogP contribution in [0.4, 0.5) is 0 Å². The second-order valence-corrected chi connectivity index (χ2v) is 6.75. The fraction of sp³-hybridized carbons (Fsp3) is 0.263. The molecule has 0 aliphatic carbocycles. The summed E-state index contributed by atoms with van der Waals surface area (Å²) in [6.45, 7) is 4.31. The van der Waals surface area contributed by atoms with E-state index < -0.39 is 0 Å². The zero-order chi connectivity index (χ0) is 18.5. The van der Waals surface area contributed by atoms with E-state index in [1.165, 1.54) is 11.8 Å². The smallest absolute Gasteiger partial charge is 0.263 e. The molecule has 0 unspecified atom stereocenters. The monoisotopic (exact) mass is 368 g/mol. The van der Waals surface area contributed by atoms with Crippen molar-refractivity contribution >= 4 is 28.7 Å². The van der Waals surface area contributed by atoms with E-state index in [-0.39, 0.29) is 23.3 Å². The average molecular weight is 368 g/mol. The number of fused-ring (bicyclic) bond motifs is 1. The van der Waals surface area contributed by atoms with Gasteiger partial charge < -0.3 is 5.32 Å². The highest BCUT2D eigenvalue weighted by atomic mass is 32.2. The van der Waals surface area contributed by atoms with Gasteiger partial charge in [-0.05, 0) is 31.5 Å². The van der Waals surface area contributed by atoms with Gasteiger partial charge in [-0.1, -0.05) is 42.1 Å². The van der Waals surface area contributed by atoms with Gasteiger partial charge in [0.25, 0.3) is 5.56 Å². The number of benzene rings is 1. The molecule has 0 spiro atoms. The lowest BCUT2D eigenvalue weighted by atomic mass is 10.1. The number of amides is 1. The summed E-state index contributed by atoms with van der Waals surface area (Å²) in [5, 5.41) is 3.96. The number of hydrogen-bond acceptors (Lipinski definition) is 5. The van der Waals surface area contributed by atoms with Crippen molar-refractivity contribution in [3.8, 4) is 0 Å². The lowest BCUT2D eigenvalue weighted by Gasteiger charge is -2.15. The Kier molecular flexibility index (Phi) is 5.68. The molecule has 3 aromatic rings. The summed E-state index contributed by atoms with van der Waals surface area (Å²) in [5.74, 6) is 0.0754. The number of thioether (sulfide) groups is 1. The summed E-state index contributed by atoms with van der Waals surface area (Å²) in [4.78, 5) is 33.4. The number of nitrogens with one attached hydrogen (secondary N) is 1. The van der Waals surface area contributed by atoms with Gasteiger partial charge in [0.1, 0.15) is 0 Å². The van der Waals surface area contributed by atoms with Gasteiger partial charge in [-0.2, -0.15) is 0 Å². The largest absolute Gasteiger partial charge is 0.349 e. The van der Waals surface area contributed by atoms with Crippen molar-refractivity contribution in [1.29, 1.82) is 0 Å². The van der Waals surface area contributed by atoms with Crippen LogP contribution in [0, 0.1) is 0 Å². The first-order valence-corrected chi connectivity index (χ1v) is 9.41. The predicted octanol–water partition coefficient (Wildman–Crippen LogP) is 2.78. The third kappa shape index (κ3) is 3.94. The first kappa shape index (κ1) is 18.1. The van der Waals surface area contributed by atoms with E-state index in [1.807, 2.05) is 44.2 Å². The molecule has 1 N–H and O–H groups in total. The van der Waals surface area contributed by atoms with Crippen LogP contribution >= 0.6 is 11.8 Å². The molecule has 0 aliphatic heterocycles. The molecule has 7 heteroatoms. The minimum atomic E-state index is -0.133. The van der Waals surface area contributed by atoms with Gasteiger partial charge in [0.05, 0.1) is 17.2 Å². The summed E-state index contributed by atoms with van der Waals surface area (Å²) < 4.78 is 1.57. The normalized spacial score (nSPS) is 12.1. The predicted molar refractivity (Wildman–Crippen MR) is 103 cm³/mol. The minimum Gasteiger partial charge on any atom is -0.349 e. The maximum atomic E-state index is 12.6. The second-order valence-electron chi connectivity index (χ2n) is 5.81. The van der Waals surface area contributed by atoms with Crippen LogP contribution in [0.5, 0.6) is 0 Å². The molecule has 0 bridgehead atoms. The molecule has 2 heterocycles. The Bertz CT molecular complexity index is 972. The Morgan fingerprint density at radius 3 is 2.73 bits per heavy atom. The fourth-order valence-corrected chi connectivity index (χ4v) is 3.53. The van der Waals surface area contributed by atoms with Crippen molar-refractivity contribution in [2.45, 2.75) is 31.6 Å². The maximum absolute atomic E-state index is 12.6. The van der Waals surface area contributed by atoms with Crippen molar-refractivity contribution in [3.05, 3.63) is 64.6 Å². The number of pyridine rings is 1. The van der Waals surface area contributed by atoms with Gasteiger partial charge in [-0.3, -0.25) is 14.2 Å². The molecule has 0 aliphatic rings. The molecule has 1 atom stereocenters. The Labute approximate surface area is 155 Å². The maximum Gasteiger partial charge on any atom is 0.263 e. The number of carbonyl (C=O) groups excluding carboxylic acids is 1. The van der Waals surface area contributed by atoms with Gasteiger partial charge in [-0.25, -0.2) is 9.97 Å². The summed E-state index contributed by atoms with van der Waals surface area (Å²) in [6.07, 6.45) is 1.60. The van der Waals surface area contributed by atoms with Crippen LogP contribution in [0.2, 0.25) is 0 Å². The lowest BCUT2D eigenvalue weighted by molar-refractivity contribution is -0.119. The van der Waals surface area contributed by atoms with Crippen LogP contribution in [0.15, 0.2) is 58.6 Å². The number of nitrogens with zero attached hydrogens (tertiary/aromatic N) is 3. The van der Waals surface area contributed by atoms with Crippen LogP contribution in [0.3, 0.4) is 0 Å². The molecule has 134 valence electrons. The minimum absolute atomic E-state index is 0.0797. The standard InChI is InChI=1S/C19H20N4O2S/c1-3-23-18(25)15-10-7-11-20-17(15)22-19(23)26-12-16(24)21-13(2)14-8-5-4-6-9-14/h4-11,13H,3,12H2,1-2H3,(H,21,24)/t13-/m1/s1. The molecule has 1 aromatic carbocycles. The molecule has 0 radical (unpaired) electrons. The van der Waals surface area contributed by atoms with E-state index >= 15 is 0 Å². The zero-order valence-corrected chi connectivity index (χ0v) is 15.5. The van der Waals surface area contributed by atoms with E-state index in [1.54, 1.807) is 22.9 Å². The molecule has 6 nitrogen and oxygen atoms in total. The third-order valence-corrected chi connectivity index (χ3v) is 5.00. The van der Waals surface area contributed by atoms with E-state index in [2.05, 4.69) is 15.3 Å². The van der Waals surface area contributed by atoms with Gasteiger partial charge in [0.15, 0.2) is 10.8 Å². The van der Waals surface area contributed by atoms with Crippen molar-refractivity contribution in [2.24, 2.45) is 0 Å². The fourth-order valence-electron chi connectivity index (χ4n) is 2.66. The Balaban J connectivity index is 1.73. The van der Waals surface area contributed by atoms with Crippen molar-refractivity contribution in [1.82, 2.24) is 19.9 Å². The Morgan fingerprint density at radius 2 is 2.00 bits per heavy atom. The van der Waals surface area contributed by atoms with E-state index in [0.717, 1.165) is 5.56 Å². The topological polar surface area (TPSA) is 76.9 Å². The quantitative estimate of drug-likeness (QED) is 0.535. The average Bonchev–Trinajstić information content (AvgIpc) is 2.67. The number of aromatic nitrogens is 3. The van der Waals surface area contributed by atoms with Crippen LogP contribution in [0.1, 0.15) is 25.5 Å². The SMILES string of the molecule is CCn1c(SCC(=O)N[C@H](C)c2ccccc2)nc2ncccc2c1=O. The summed E-state index contributed by atoms with van der Waals surface area (Å²) >= 11 is 1.25. The highest BCUT2D eigenvalue weighted by Crippen LogP contribution is 2.17. The summed E-state index contributed by atoms with van der Waals surface area (Å²) in [5.41, 5.74) is 1.32. The van der Waals surface area contributed by atoms with Crippen LogP contribution < -0.4 is 10.9 Å². The molecule has 1 amide bonds. The van der Waals surface area contributed by atoms with E-state index in [0.29, 0.717) is 22.7 Å². The summed E-state index contributed by atoms with van der Waals surface area (Å²) in [7, 11) is 0. The number of carbonyl (C=O) groups is 1. The van der Waals surface area contributed by atoms with Crippen LogP contribution in [-0.2, 0) is 11.3 Å². The van der Waals surface area contributed by atoms with Crippen molar-refractivity contribution in [3.63, 3.8) is 0 Å². The van der Waals surface area contributed by atoms with Crippen molar-refractivity contribution in [2.75, 3.05) is 5.75 Å². The molecule has 3 rings (SSSR count). The van der Waals surface area contributed by atoms with Crippen LogP contribution in [0.25, 0.3) is 11.0 Å². The van der Waals surface area contributed by atoms with Crippen molar-refractivity contribution < 1.29 is 4.79 Å². The Morgan fingerprint density at radius 1 is 1.23 bits per heavy atom. The van der Waals surface area contributed by atoms with Gasteiger partial charge in [0, 0.05) is 12.7 Å². The molecule has 2 aromatic heterocycles. The Hall–Kier alpha value is -2.67. The molecule has 0 saturated heterocycles.